The Morgan fingerprint density at radius 3 is 2.67 bits per heavy atom. The monoisotopic (exact) mass is 363 g/mol. The van der Waals surface area contributed by atoms with E-state index >= 15 is 0 Å². The van der Waals surface area contributed by atoms with Crippen molar-refractivity contribution in [3.8, 4) is 11.1 Å². The fourth-order valence-corrected chi connectivity index (χ4v) is 3.86. The molecular weight excluding hydrogens is 341 g/mol. The summed E-state index contributed by atoms with van der Waals surface area (Å²) in [5, 5.41) is 0. The third-order valence-electron chi connectivity index (χ3n) is 5.24. The fourth-order valence-electron chi connectivity index (χ4n) is 3.86. The third kappa shape index (κ3) is 3.50. The number of hydrogen-bond donors (Lipinski definition) is 0. The summed E-state index contributed by atoms with van der Waals surface area (Å²) < 4.78 is 15.3. The predicted molar refractivity (Wildman–Crippen MR) is 103 cm³/mol. The molecule has 1 aromatic heterocycles. The van der Waals surface area contributed by atoms with Gasteiger partial charge in [-0.25, -0.2) is 9.37 Å². The highest BCUT2D eigenvalue weighted by molar-refractivity contribution is 6.01. The van der Waals surface area contributed by atoms with Crippen molar-refractivity contribution in [3.63, 3.8) is 0 Å². The van der Waals surface area contributed by atoms with Gasteiger partial charge < -0.3 is 9.47 Å². The summed E-state index contributed by atoms with van der Waals surface area (Å²) in [5.41, 5.74) is 2.34. The molecule has 1 saturated heterocycles. The molecular formula is C22H22FN3O. The van der Waals surface area contributed by atoms with E-state index in [1.54, 1.807) is 18.3 Å². The standard InChI is InChI=1S/C22H22FN3O/c1-25-14-12-24-21(25)17-5-4-13-26(15-17)22(27)20-7-3-2-6-19(20)16-8-10-18(23)11-9-16/h2-3,6-12,14,17H,4-5,13,15H2,1H3/t17-/m1/s1. The second-order valence-electron chi connectivity index (χ2n) is 7.04. The van der Waals surface area contributed by atoms with Gasteiger partial charge in [0.1, 0.15) is 11.6 Å². The molecule has 1 fully saturated rings. The van der Waals surface area contributed by atoms with Crippen LogP contribution in [0.2, 0.25) is 0 Å². The number of hydrogen-bond acceptors (Lipinski definition) is 2. The maximum absolute atomic E-state index is 13.3. The molecule has 2 aromatic carbocycles. The number of benzene rings is 2. The second kappa shape index (κ2) is 7.35. The van der Waals surface area contributed by atoms with Crippen LogP contribution in [-0.4, -0.2) is 33.4 Å². The predicted octanol–water partition coefficient (Wildman–Crippen LogP) is 4.25. The number of aryl methyl sites for hydroxylation is 1. The number of nitrogens with zero attached hydrogens (tertiary/aromatic N) is 3. The molecule has 0 N–H and O–H groups in total. The van der Waals surface area contributed by atoms with E-state index in [4.69, 9.17) is 0 Å². The molecule has 0 aliphatic carbocycles. The Bertz CT molecular complexity index is 948. The highest BCUT2D eigenvalue weighted by Gasteiger charge is 2.28. The van der Waals surface area contributed by atoms with Gasteiger partial charge in [0.25, 0.3) is 5.91 Å². The molecule has 0 radical (unpaired) electrons. The minimum Gasteiger partial charge on any atom is -0.338 e. The summed E-state index contributed by atoms with van der Waals surface area (Å²) in [4.78, 5) is 19.7. The van der Waals surface area contributed by atoms with Gasteiger partial charge in [-0.15, -0.1) is 0 Å². The molecule has 138 valence electrons. The van der Waals surface area contributed by atoms with Crippen molar-refractivity contribution < 1.29 is 9.18 Å². The normalized spacial score (nSPS) is 17.1. The first kappa shape index (κ1) is 17.5. The van der Waals surface area contributed by atoms with E-state index < -0.39 is 0 Å². The first-order valence-electron chi connectivity index (χ1n) is 9.25. The van der Waals surface area contributed by atoms with Gasteiger partial charge in [-0.05, 0) is 42.2 Å². The van der Waals surface area contributed by atoms with Crippen LogP contribution in [0, 0.1) is 5.82 Å². The molecule has 5 heteroatoms. The fraction of sp³-hybridized carbons (Fsp3) is 0.273. The minimum atomic E-state index is -0.281. The van der Waals surface area contributed by atoms with E-state index in [1.165, 1.54) is 12.1 Å². The first-order valence-corrected chi connectivity index (χ1v) is 9.25. The molecule has 2 heterocycles. The average Bonchev–Trinajstić information content (AvgIpc) is 3.14. The van der Waals surface area contributed by atoms with E-state index in [0.717, 1.165) is 36.3 Å². The van der Waals surface area contributed by atoms with Gasteiger partial charge in [-0.3, -0.25) is 4.79 Å². The lowest BCUT2D eigenvalue weighted by Gasteiger charge is -2.33. The molecule has 4 nitrogen and oxygen atoms in total. The Morgan fingerprint density at radius 1 is 1.15 bits per heavy atom. The topological polar surface area (TPSA) is 38.1 Å². The maximum atomic E-state index is 13.3. The van der Waals surface area contributed by atoms with Gasteiger partial charge in [0.05, 0.1) is 0 Å². The number of rotatable bonds is 3. The second-order valence-corrected chi connectivity index (χ2v) is 7.04. The zero-order chi connectivity index (χ0) is 18.8. The van der Waals surface area contributed by atoms with Crippen molar-refractivity contribution in [3.05, 3.63) is 78.1 Å². The number of amides is 1. The van der Waals surface area contributed by atoms with Gasteiger partial charge in [0.15, 0.2) is 0 Å². The van der Waals surface area contributed by atoms with E-state index in [1.807, 2.05) is 47.0 Å². The maximum Gasteiger partial charge on any atom is 0.254 e. The summed E-state index contributed by atoms with van der Waals surface area (Å²) in [6.45, 7) is 1.42. The molecule has 0 spiro atoms. The molecule has 1 atom stereocenters. The van der Waals surface area contributed by atoms with Crippen LogP contribution < -0.4 is 0 Å². The number of carbonyl (C=O) groups is 1. The highest BCUT2D eigenvalue weighted by atomic mass is 19.1. The lowest BCUT2D eigenvalue weighted by Crippen LogP contribution is -2.39. The van der Waals surface area contributed by atoms with Crippen molar-refractivity contribution in [2.24, 2.45) is 7.05 Å². The number of imidazole rings is 1. The zero-order valence-corrected chi connectivity index (χ0v) is 15.3. The van der Waals surface area contributed by atoms with Gasteiger partial charge in [0, 0.05) is 44.0 Å². The number of halogens is 1. The first-order chi connectivity index (χ1) is 13.1. The molecule has 0 saturated carbocycles. The summed E-state index contributed by atoms with van der Waals surface area (Å²) in [7, 11) is 1.99. The van der Waals surface area contributed by atoms with Gasteiger partial charge in [-0.1, -0.05) is 30.3 Å². The molecule has 27 heavy (non-hydrogen) atoms. The SMILES string of the molecule is Cn1ccnc1[C@@H]1CCCN(C(=O)c2ccccc2-c2ccc(F)cc2)C1. The van der Waals surface area contributed by atoms with Crippen LogP contribution in [0.3, 0.4) is 0 Å². The number of piperidine rings is 1. The van der Waals surface area contributed by atoms with Crippen LogP contribution in [0.25, 0.3) is 11.1 Å². The Kier molecular flexibility index (Phi) is 4.75. The van der Waals surface area contributed by atoms with Crippen LogP contribution >= 0.6 is 0 Å². The summed E-state index contributed by atoms with van der Waals surface area (Å²) in [6.07, 6.45) is 5.75. The molecule has 1 aliphatic heterocycles. The number of likely N-dealkylation sites (tertiary alicyclic amines) is 1. The van der Waals surface area contributed by atoms with Crippen molar-refractivity contribution in [2.75, 3.05) is 13.1 Å². The Balaban J connectivity index is 1.61. The minimum absolute atomic E-state index is 0.0221. The smallest absolute Gasteiger partial charge is 0.254 e. The molecule has 3 aromatic rings. The van der Waals surface area contributed by atoms with Crippen LogP contribution in [-0.2, 0) is 7.05 Å². The van der Waals surface area contributed by atoms with E-state index in [2.05, 4.69) is 4.98 Å². The molecule has 1 amide bonds. The van der Waals surface area contributed by atoms with Gasteiger partial charge in [-0.2, -0.15) is 0 Å². The van der Waals surface area contributed by atoms with Crippen molar-refractivity contribution in [1.29, 1.82) is 0 Å². The lowest BCUT2D eigenvalue weighted by molar-refractivity contribution is 0.0704. The molecule has 0 unspecified atom stereocenters. The van der Waals surface area contributed by atoms with Crippen LogP contribution in [0.5, 0.6) is 0 Å². The van der Waals surface area contributed by atoms with Gasteiger partial charge >= 0.3 is 0 Å². The van der Waals surface area contributed by atoms with E-state index in [-0.39, 0.29) is 17.6 Å². The molecule has 0 bridgehead atoms. The Morgan fingerprint density at radius 2 is 1.93 bits per heavy atom. The average molecular weight is 363 g/mol. The van der Waals surface area contributed by atoms with Crippen LogP contribution in [0.15, 0.2) is 60.9 Å². The quantitative estimate of drug-likeness (QED) is 0.698. The molecule has 4 rings (SSSR count). The third-order valence-corrected chi connectivity index (χ3v) is 5.24. The summed E-state index contributed by atoms with van der Waals surface area (Å²) >= 11 is 0. The number of aromatic nitrogens is 2. The summed E-state index contributed by atoms with van der Waals surface area (Å²) in [5.74, 6) is 1.02. The summed E-state index contributed by atoms with van der Waals surface area (Å²) in [6, 6.07) is 13.8. The van der Waals surface area contributed by atoms with Crippen LogP contribution in [0.1, 0.15) is 34.9 Å². The number of carbonyl (C=O) groups excluding carboxylic acids is 1. The lowest BCUT2D eigenvalue weighted by atomic mass is 9.94. The van der Waals surface area contributed by atoms with E-state index in [0.29, 0.717) is 12.1 Å². The zero-order valence-electron chi connectivity index (χ0n) is 15.3. The van der Waals surface area contributed by atoms with Crippen molar-refractivity contribution >= 4 is 5.91 Å². The molecule has 1 aliphatic rings. The van der Waals surface area contributed by atoms with Crippen LogP contribution in [0.4, 0.5) is 4.39 Å². The van der Waals surface area contributed by atoms with Gasteiger partial charge in [0.2, 0.25) is 0 Å². The Hall–Kier alpha value is -2.95. The van der Waals surface area contributed by atoms with Crippen molar-refractivity contribution in [2.45, 2.75) is 18.8 Å². The highest BCUT2D eigenvalue weighted by Crippen LogP contribution is 2.29. The van der Waals surface area contributed by atoms with Crippen molar-refractivity contribution in [1.82, 2.24) is 14.5 Å². The largest absolute Gasteiger partial charge is 0.338 e. The Labute approximate surface area is 158 Å². The van der Waals surface area contributed by atoms with E-state index in [9.17, 15) is 9.18 Å².